The number of aromatic nitrogens is 2. The topological polar surface area (TPSA) is 86.1 Å². The number of ether oxygens (including phenoxy) is 1. The van der Waals surface area contributed by atoms with Crippen LogP contribution in [0.4, 0.5) is 5.13 Å². The lowest BCUT2D eigenvalue weighted by atomic mass is 10.2. The molecule has 8 nitrogen and oxygen atoms in total. The predicted molar refractivity (Wildman–Crippen MR) is 123 cm³/mol. The molecule has 2 heterocycles. The van der Waals surface area contributed by atoms with Gasteiger partial charge >= 0.3 is 0 Å². The molecule has 154 valence electrons. The third-order valence-corrected chi connectivity index (χ3v) is 5.37. The molecule has 0 aliphatic carbocycles. The molecule has 2 N–H and O–H groups in total. The van der Waals surface area contributed by atoms with Gasteiger partial charge in [0.25, 0.3) is 0 Å². The van der Waals surface area contributed by atoms with Crippen molar-refractivity contribution in [2.24, 2.45) is 4.99 Å². The summed E-state index contributed by atoms with van der Waals surface area (Å²) in [5, 5.41) is 14.4. The molecule has 3 rings (SSSR count). The van der Waals surface area contributed by atoms with Crippen molar-refractivity contribution in [1.29, 1.82) is 0 Å². The van der Waals surface area contributed by atoms with Gasteiger partial charge in [0.1, 0.15) is 17.3 Å². The van der Waals surface area contributed by atoms with Crippen molar-refractivity contribution < 1.29 is 9.84 Å². The van der Waals surface area contributed by atoms with Crippen molar-refractivity contribution in [3.05, 3.63) is 29.6 Å². The number of aromatic hydroxyl groups is 1. The van der Waals surface area contributed by atoms with Crippen LogP contribution in [0.5, 0.6) is 11.5 Å². The molecule has 1 aliphatic rings. The van der Waals surface area contributed by atoms with Crippen molar-refractivity contribution in [3.63, 3.8) is 0 Å². The average Bonchev–Trinajstić information content (AvgIpc) is 3.19. The molecule has 0 radical (unpaired) electrons. The first kappa shape index (κ1) is 22.5. The second kappa shape index (κ2) is 10.6. The molecule has 0 amide bonds. The van der Waals surface area contributed by atoms with E-state index in [-0.39, 0.29) is 29.7 Å². The van der Waals surface area contributed by atoms with E-state index in [4.69, 9.17) is 4.74 Å². The SMILES string of the molecule is CCc1nsc(N2CCN(C(=NC)NCc3cc(OC)ccc3O)CC2)n1.I. The summed E-state index contributed by atoms with van der Waals surface area (Å²) in [6.45, 7) is 6.01. The van der Waals surface area contributed by atoms with E-state index in [1.54, 1.807) is 26.3 Å². The molecule has 1 aromatic carbocycles. The molecule has 1 fully saturated rings. The average molecular weight is 518 g/mol. The lowest BCUT2D eigenvalue weighted by Gasteiger charge is -2.36. The molecule has 0 unspecified atom stereocenters. The standard InChI is InChI=1S/C18H26N6O2S.HI/c1-4-16-21-18(27-22-16)24-9-7-23(8-10-24)17(19-2)20-12-13-11-14(26-3)5-6-15(13)25;/h5-6,11,25H,4,7-10,12H2,1-3H3,(H,19,20);1H. The predicted octanol–water partition coefficient (Wildman–Crippen LogP) is 2.33. The Kier molecular flexibility index (Phi) is 8.55. The Morgan fingerprint density at radius 3 is 2.68 bits per heavy atom. The first-order valence-corrected chi connectivity index (χ1v) is 9.81. The molecule has 0 bridgehead atoms. The molecule has 0 spiro atoms. The largest absolute Gasteiger partial charge is 0.508 e. The summed E-state index contributed by atoms with van der Waals surface area (Å²) in [4.78, 5) is 13.5. The lowest BCUT2D eigenvalue weighted by molar-refractivity contribution is 0.371. The van der Waals surface area contributed by atoms with Crippen molar-refractivity contribution in [3.8, 4) is 11.5 Å². The second-order valence-electron chi connectivity index (χ2n) is 6.22. The quantitative estimate of drug-likeness (QED) is 0.357. The van der Waals surface area contributed by atoms with Gasteiger partial charge in [-0.3, -0.25) is 4.99 Å². The minimum Gasteiger partial charge on any atom is -0.508 e. The van der Waals surface area contributed by atoms with Gasteiger partial charge < -0.3 is 25.0 Å². The molecule has 10 heteroatoms. The van der Waals surface area contributed by atoms with Crippen LogP contribution >= 0.6 is 35.5 Å². The first-order valence-electron chi connectivity index (χ1n) is 9.03. The van der Waals surface area contributed by atoms with Gasteiger partial charge in [-0.25, -0.2) is 4.98 Å². The number of anilines is 1. The third kappa shape index (κ3) is 5.37. The minimum atomic E-state index is 0. The Hall–Kier alpha value is -1.82. The van der Waals surface area contributed by atoms with Gasteiger partial charge in [-0.1, -0.05) is 6.92 Å². The van der Waals surface area contributed by atoms with E-state index < -0.39 is 0 Å². The van der Waals surface area contributed by atoms with Crippen LogP contribution in [0.3, 0.4) is 0 Å². The number of rotatable bonds is 5. The van der Waals surface area contributed by atoms with E-state index in [1.807, 2.05) is 6.07 Å². The molecule has 28 heavy (non-hydrogen) atoms. The van der Waals surface area contributed by atoms with Crippen LogP contribution in [0.15, 0.2) is 23.2 Å². The van der Waals surface area contributed by atoms with E-state index >= 15 is 0 Å². The molecule has 0 atom stereocenters. The second-order valence-corrected chi connectivity index (χ2v) is 6.95. The highest BCUT2D eigenvalue weighted by molar-refractivity contribution is 14.0. The Morgan fingerprint density at radius 2 is 2.07 bits per heavy atom. The number of benzene rings is 1. The number of piperazine rings is 1. The highest BCUT2D eigenvalue weighted by Gasteiger charge is 2.22. The molecule has 1 saturated heterocycles. The fourth-order valence-electron chi connectivity index (χ4n) is 2.96. The number of aryl methyl sites for hydroxylation is 1. The van der Waals surface area contributed by atoms with Gasteiger partial charge in [0.2, 0.25) is 5.13 Å². The van der Waals surface area contributed by atoms with Crippen LogP contribution in [0.25, 0.3) is 0 Å². The van der Waals surface area contributed by atoms with E-state index in [1.165, 1.54) is 11.5 Å². The highest BCUT2D eigenvalue weighted by atomic mass is 127. The number of aliphatic imine (C=N–C) groups is 1. The van der Waals surface area contributed by atoms with E-state index in [0.29, 0.717) is 6.54 Å². The number of hydrogen-bond acceptors (Lipinski definition) is 7. The number of nitrogens with zero attached hydrogens (tertiary/aromatic N) is 5. The third-order valence-electron chi connectivity index (χ3n) is 4.56. The van der Waals surface area contributed by atoms with Crippen LogP contribution < -0.4 is 15.0 Å². The summed E-state index contributed by atoms with van der Waals surface area (Å²) in [5.74, 6) is 2.69. The summed E-state index contributed by atoms with van der Waals surface area (Å²) in [6.07, 6.45) is 0.865. The Labute approximate surface area is 186 Å². The van der Waals surface area contributed by atoms with Gasteiger partial charge in [0.15, 0.2) is 5.96 Å². The molecular formula is C18H27IN6O2S. The number of phenols is 1. The highest BCUT2D eigenvalue weighted by Crippen LogP contribution is 2.23. The maximum atomic E-state index is 10.0. The molecule has 1 aromatic heterocycles. The van der Waals surface area contributed by atoms with Gasteiger partial charge in [-0.15, -0.1) is 24.0 Å². The number of hydrogen-bond donors (Lipinski definition) is 2. The molecule has 0 saturated carbocycles. The Balaban J connectivity index is 0.00000280. The fourth-order valence-corrected chi connectivity index (χ4v) is 3.76. The molecular weight excluding hydrogens is 491 g/mol. The van der Waals surface area contributed by atoms with Crippen molar-refractivity contribution >= 4 is 46.6 Å². The van der Waals surface area contributed by atoms with E-state index in [2.05, 4.69) is 36.4 Å². The fraction of sp³-hybridized carbons (Fsp3) is 0.500. The van der Waals surface area contributed by atoms with Crippen LogP contribution in [-0.4, -0.2) is 65.7 Å². The smallest absolute Gasteiger partial charge is 0.205 e. The van der Waals surface area contributed by atoms with Crippen LogP contribution in [0, 0.1) is 0 Å². The monoisotopic (exact) mass is 518 g/mol. The summed E-state index contributed by atoms with van der Waals surface area (Å²) >= 11 is 1.47. The van der Waals surface area contributed by atoms with Crippen LogP contribution in [0.2, 0.25) is 0 Å². The zero-order valence-corrected chi connectivity index (χ0v) is 19.5. The van der Waals surface area contributed by atoms with E-state index in [0.717, 1.165) is 60.8 Å². The van der Waals surface area contributed by atoms with Gasteiger partial charge in [0.05, 0.1) is 7.11 Å². The number of phenolic OH excluding ortho intramolecular Hbond substituents is 1. The number of halogens is 1. The number of nitrogens with one attached hydrogen (secondary N) is 1. The van der Waals surface area contributed by atoms with Gasteiger partial charge in [0, 0.05) is 63.3 Å². The van der Waals surface area contributed by atoms with Crippen molar-refractivity contribution in [1.82, 2.24) is 19.6 Å². The van der Waals surface area contributed by atoms with Crippen molar-refractivity contribution in [2.75, 3.05) is 45.2 Å². The van der Waals surface area contributed by atoms with Gasteiger partial charge in [-0.2, -0.15) is 4.37 Å². The molecule has 1 aliphatic heterocycles. The zero-order valence-electron chi connectivity index (χ0n) is 16.4. The van der Waals surface area contributed by atoms with E-state index in [9.17, 15) is 5.11 Å². The first-order chi connectivity index (χ1) is 13.1. The Bertz CT molecular complexity index is 792. The maximum absolute atomic E-state index is 10.0. The summed E-state index contributed by atoms with van der Waals surface area (Å²) < 4.78 is 9.60. The normalized spacial score (nSPS) is 14.6. The number of methoxy groups -OCH3 is 1. The Morgan fingerprint density at radius 1 is 1.32 bits per heavy atom. The van der Waals surface area contributed by atoms with Crippen LogP contribution in [-0.2, 0) is 13.0 Å². The van der Waals surface area contributed by atoms with Crippen molar-refractivity contribution in [2.45, 2.75) is 19.9 Å². The summed E-state index contributed by atoms with van der Waals surface area (Å²) in [6, 6.07) is 5.21. The minimum absolute atomic E-state index is 0. The number of guanidine groups is 1. The zero-order chi connectivity index (χ0) is 19.2. The summed E-state index contributed by atoms with van der Waals surface area (Å²) in [7, 11) is 3.39. The maximum Gasteiger partial charge on any atom is 0.205 e. The van der Waals surface area contributed by atoms with Crippen LogP contribution in [0.1, 0.15) is 18.3 Å². The summed E-state index contributed by atoms with van der Waals surface area (Å²) in [5.41, 5.74) is 0.773. The van der Waals surface area contributed by atoms with Gasteiger partial charge in [-0.05, 0) is 18.2 Å². The lowest BCUT2D eigenvalue weighted by Crippen LogP contribution is -2.52. The molecule has 2 aromatic rings.